The highest BCUT2D eigenvalue weighted by Crippen LogP contribution is 2.42. The first-order valence-electron chi connectivity index (χ1n) is 9.23. The maximum atomic E-state index is 13.5. The van der Waals surface area contributed by atoms with Crippen molar-refractivity contribution in [2.45, 2.75) is 36.9 Å². The number of benzene rings is 2. The van der Waals surface area contributed by atoms with Gasteiger partial charge in [-0.25, -0.2) is 9.38 Å². The lowest BCUT2D eigenvalue weighted by molar-refractivity contribution is -0.0196. The van der Waals surface area contributed by atoms with Crippen LogP contribution in [0.1, 0.15) is 35.6 Å². The minimum atomic E-state index is -0.221. The highest BCUT2D eigenvalue weighted by molar-refractivity contribution is 5.78. The van der Waals surface area contributed by atoms with E-state index in [1.54, 1.807) is 0 Å². The van der Waals surface area contributed by atoms with Crippen LogP contribution in [-0.2, 0) is 11.2 Å². The van der Waals surface area contributed by atoms with Crippen molar-refractivity contribution < 1.29 is 9.13 Å². The smallest absolute Gasteiger partial charge is 0.288 e. The second-order valence-corrected chi connectivity index (χ2v) is 7.65. The zero-order valence-electron chi connectivity index (χ0n) is 14.6. The van der Waals surface area contributed by atoms with Crippen LogP contribution in [0.3, 0.4) is 0 Å². The van der Waals surface area contributed by atoms with Gasteiger partial charge in [-0.1, -0.05) is 36.4 Å². The topological polar surface area (TPSA) is 50.8 Å². The van der Waals surface area contributed by atoms with E-state index in [1.165, 1.54) is 23.3 Å². The van der Waals surface area contributed by atoms with Gasteiger partial charge in [0.05, 0.1) is 12.6 Å². The van der Waals surface area contributed by atoms with Crippen molar-refractivity contribution in [1.82, 2.24) is 4.90 Å². The predicted molar refractivity (Wildman–Crippen MR) is 98.4 cm³/mol. The summed E-state index contributed by atoms with van der Waals surface area (Å²) in [5.74, 6) is -0.221. The minimum absolute atomic E-state index is 0.0109. The Morgan fingerprint density at radius 2 is 1.88 bits per heavy atom. The van der Waals surface area contributed by atoms with Gasteiger partial charge in [-0.2, -0.15) is 0 Å². The average Bonchev–Trinajstić information content (AvgIpc) is 3.06. The van der Waals surface area contributed by atoms with Gasteiger partial charge in [-0.3, -0.25) is 0 Å². The molecule has 5 heteroatoms. The van der Waals surface area contributed by atoms with Crippen molar-refractivity contribution in [2.75, 3.05) is 13.1 Å². The van der Waals surface area contributed by atoms with E-state index in [0.717, 1.165) is 31.4 Å². The zero-order chi connectivity index (χ0) is 17.7. The summed E-state index contributed by atoms with van der Waals surface area (Å²) in [7, 11) is 0. The third-order valence-electron chi connectivity index (χ3n) is 5.79. The van der Waals surface area contributed by atoms with E-state index in [4.69, 9.17) is 15.5 Å². The number of aliphatic imine (C=N–C) groups is 1. The molecule has 3 aliphatic rings. The number of fused-ring (bicyclic) bond motifs is 1. The molecule has 0 amide bonds. The van der Waals surface area contributed by atoms with Crippen molar-refractivity contribution >= 4 is 6.02 Å². The summed E-state index contributed by atoms with van der Waals surface area (Å²) in [5.41, 5.74) is 9.40. The summed E-state index contributed by atoms with van der Waals surface area (Å²) in [4.78, 5) is 6.96. The van der Waals surface area contributed by atoms with Crippen molar-refractivity contribution in [1.29, 1.82) is 0 Å². The van der Waals surface area contributed by atoms with Crippen molar-refractivity contribution in [3.63, 3.8) is 0 Å². The first-order valence-corrected chi connectivity index (χ1v) is 9.23. The van der Waals surface area contributed by atoms with Crippen LogP contribution in [0.5, 0.6) is 0 Å². The van der Waals surface area contributed by atoms with E-state index >= 15 is 0 Å². The lowest BCUT2D eigenvalue weighted by Gasteiger charge is -2.44. The highest BCUT2D eigenvalue weighted by atomic mass is 19.1. The summed E-state index contributed by atoms with van der Waals surface area (Å²) in [5, 5.41) is 0. The molecule has 0 unspecified atom stereocenters. The van der Waals surface area contributed by atoms with Gasteiger partial charge >= 0.3 is 0 Å². The molecule has 26 heavy (non-hydrogen) atoms. The summed E-state index contributed by atoms with van der Waals surface area (Å²) in [6.07, 6.45) is 2.68. The van der Waals surface area contributed by atoms with Gasteiger partial charge in [-0.05, 0) is 35.2 Å². The summed E-state index contributed by atoms with van der Waals surface area (Å²) in [6, 6.07) is 16.1. The number of amidine groups is 1. The fraction of sp³-hybridized carbons (Fsp3) is 0.381. The number of halogens is 1. The van der Waals surface area contributed by atoms with Crippen LogP contribution in [-0.4, -0.2) is 35.7 Å². The molecule has 0 radical (unpaired) electrons. The van der Waals surface area contributed by atoms with E-state index in [2.05, 4.69) is 29.2 Å². The normalized spacial score (nSPS) is 29.8. The third-order valence-corrected chi connectivity index (χ3v) is 5.79. The second-order valence-electron chi connectivity index (χ2n) is 7.65. The van der Waals surface area contributed by atoms with E-state index in [0.29, 0.717) is 12.6 Å². The quantitative estimate of drug-likeness (QED) is 0.859. The van der Waals surface area contributed by atoms with Crippen molar-refractivity contribution in [2.24, 2.45) is 10.7 Å². The first-order chi connectivity index (χ1) is 12.6. The van der Waals surface area contributed by atoms with Crippen LogP contribution in [0.15, 0.2) is 53.5 Å². The molecule has 0 bridgehead atoms. The number of ether oxygens (including phenoxy) is 1. The molecule has 2 aromatic carbocycles. The lowest BCUT2D eigenvalue weighted by Crippen LogP contribution is -2.55. The zero-order valence-corrected chi connectivity index (χ0v) is 14.6. The number of rotatable bonds is 1. The molecule has 2 aromatic rings. The number of nitrogens with zero attached hydrogens (tertiary/aromatic N) is 2. The summed E-state index contributed by atoms with van der Waals surface area (Å²) >= 11 is 0. The third kappa shape index (κ3) is 2.50. The summed E-state index contributed by atoms with van der Waals surface area (Å²) in [6.45, 7) is 1.52. The van der Waals surface area contributed by atoms with Gasteiger partial charge in [0.2, 0.25) is 0 Å². The van der Waals surface area contributed by atoms with Gasteiger partial charge in [0.15, 0.2) is 0 Å². The standard InChI is InChI=1S/C21H22FN3O/c22-16-7-5-15(6-8-16)19-18-4-2-1-3-14(18)9-10-25(19)20-24-13-21(26-20)11-17(23)12-21/h1-8,17,19H,9-13,23H2/t17-,19-,21-/m0/s1. The maximum Gasteiger partial charge on any atom is 0.288 e. The Balaban J connectivity index is 1.51. The first kappa shape index (κ1) is 15.8. The summed E-state index contributed by atoms with van der Waals surface area (Å²) < 4.78 is 19.8. The van der Waals surface area contributed by atoms with E-state index < -0.39 is 0 Å². The second kappa shape index (κ2) is 5.81. The Morgan fingerprint density at radius 3 is 2.65 bits per heavy atom. The Labute approximate surface area is 152 Å². The van der Waals surface area contributed by atoms with Crippen LogP contribution in [0.2, 0.25) is 0 Å². The van der Waals surface area contributed by atoms with E-state index in [-0.39, 0.29) is 23.5 Å². The molecule has 2 aliphatic heterocycles. The molecular weight excluding hydrogens is 329 g/mol. The lowest BCUT2D eigenvalue weighted by atomic mass is 9.76. The molecule has 1 aliphatic carbocycles. The number of hydrogen-bond donors (Lipinski definition) is 1. The van der Waals surface area contributed by atoms with Gasteiger partial charge in [0.1, 0.15) is 11.4 Å². The van der Waals surface area contributed by atoms with Gasteiger partial charge in [0, 0.05) is 25.4 Å². The van der Waals surface area contributed by atoms with Crippen LogP contribution in [0, 0.1) is 5.82 Å². The Morgan fingerprint density at radius 1 is 1.12 bits per heavy atom. The molecule has 1 spiro atoms. The molecule has 134 valence electrons. The minimum Gasteiger partial charge on any atom is -0.456 e. The largest absolute Gasteiger partial charge is 0.456 e. The van der Waals surface area contributed by atoms with Gasteiger partial charge in [0.25, 0.3) is 6.02 Å². The maximum absolute atomic E-state index is 13.5. The van der Waals surface area contributed by atoms with Crippen molar-refractivity contribution in [3.05, 3.63) is 71.0 Å². The van der Waals surface area contributed by atoms with Crippen LogP contribution in [0.4, 0.5) is 4.39 Å². The van der Waals surface area contributed by atoms with Crippen LogP contribution < -0.4 is 5.73 Å². The molecule has 1 atom stereocenters. The fourth-order valence-corrected chi connectivity index (χ4v) is 4.50. The molecule has 4 nitrogen and oxygen atoms in total. The predicted octanol–water partition coefficient (Wildman–Crippen LogP) is 3.02. The fourth-order valence-electron chi connectivity index (χ4n) is 4.50. The monoisotopic (exact) mass is 351 g/mol. The highest BCUT2D eigenvalue weighted by Gasteiger charge is 2.50. The van der Waals surface area contributed by atoms with Gasteiger partial charge < -0.3 is 15.4 Å². The van der Waals surface area contributed by atoms with Crippen molar-refractivity contribution in [3.8, 4) is 0 Å². The number of nitrogens with two attached hydrogens (primary N) is 1. The Hall–Kier alpha value is -2.40. The Bertz CT molecular complexity index is 858. The molecule has 1 saturated carbocycles. The van der Waals surface area contributed by atoms with Crippen LogP contribution >= 0.6 is 0 Å². The molecule has 5 rings (SSSR count). The van der Waals surface area contributed by atoms with Gasteiger partial charge in [-0.15, -0.1) is 0 Å². The van der Waals surface area contributed by atoms with Crippen LogP contribution in [0.25, 0.3) is 0 Å². The van der Waals surface area contributed by atoms with E-state index in [1.807, 2.05) is 12.1 Å². The molecular formula is C21H22FN3O. The molecule has 2 N–H and O–H groups in total. The molecule has 0 aromatic heterocycles. The molecule has 0 saturated heterocycles. The molecule has 1 fully saturated rings. The Kier molecular flexibility index (Phi) is 3.54. The average molecular weight is 351 g/mol. The number of hydrogen-bond acceptors (Lipinski definition) is 4. The SMILES string of the molecule is N[C@H]1C[C@@]2(CN=C(N3CCc4ccccc4[C@@H]3c3ccc(F)cc3)O2)C1. The van der Waals surface area contributed by atoms with E-state index in [9.17, 15) is 4.39 Å². The molecule has 2 heterocycles.